The van der Waals surface area contributed by atoms with E-state index in [2.05, 4.69) is 5.32 Å². The van der Waals surface area contributed by atoms with Gasteiger partial charge in [0, 0.05) is 12.2 Å². The van der Waals surface area contributed by atoms with Gasteiger partial charge in [0.25, 0.3) is 5.91 Å². The van der Waals surface area contributed by atoms with Crippen molar-refractivity contribution >= 4 is 11.6 Å². The Morgan fingerprint density at radius 2 is 2.00 bits per heavy atom. The molecule has 0 radical (unpaired) electrons. The molecule has 0 spiro atoms. The summed E-state index contributed by atoms with van der Waals surface area (Å²) in [6, 6.07) is 8.29. The Morgan fingerprint density at radius 3 is 2.67 bits per heavy atom. The number of nitrogens with two attached hydrogens (primary N) is 1. The molecule has 0 aliphatic carbocycles. The highest BCUT2D eigenvalue weighted by Crippen LogP contribution is 2.23. The minimum atomic E-state index is -0.960. The van der Waals surface area contributed by atoms with Crippen molar-refractivity contribution in [3.63, 3.8) is 0 Å². The molecular formula is C15H14F2N2O2. The molecule has 0 heterocycles. The maximum atomic E-state index is 13.1. The molecule has 2 rings (SSSR count). The Kier molecular flexibility index (Phi) is 4.37. The van der Waals surface area contributed by atoms with Crippen LogP contribution in [-0.2, 0) is 6.54 Å². The van der Waals surface area contributed by atoms with Gasteiger partial charge >= 0.3 is 0 Å². The fraction of sp³-hybridized carbons (Fsp3) is 0.133. The van der Waals surface area contributed by atoms with Crippen LogP contribution in [0.4, 0.5) is 14.5 Å². The highest BCUT2D eigenvalue weighted by atomic mass is 19.2. The average Bonchev–Trinajstić information content (AvgIpc) is 2.47. The number of benzene rings is 2. The fourth-order valence-corrected chi connectivity index (χ4v) is 1.88. The lowest BCUT2D eigenvalue weighted by Crippen LogP contribution is -2.24. The molecule has 21 heavy (non-hydrogen) atoms. The van der Waals surface area contributed by atoms with E-state index >= 15 is 0 Å². The molecule has 4 nitrogen and oxygen atoms in total. The van der Waals surface area contributed by atoms with Crippen molar-refractivity contribution in [1.82, 2.24) is 5.32 Å². The largest absolute Gasteiger partial charge is 0.496 e. The lowest BCUT2D eigenvalue weighted by atomic mass is 10.1. The lowest BCUT2D eigenvalue weighted by Gasteiger charge is -2.11. The van der Waals surface area contributed by atoms with Gasteiger partial charge in [0.15, 0.2) is 11.6 Å². The molecule has 0 saturated heterocycles. The molecule has 0 unspecified atom stereocenters. The molecule has 0 saturated carbocycles. The molecule has 0 aromatic heterocycles. The third-order valence-corrected chi connectivity index (χ3v) is 2.94. The Balaban J connectivity index is 2.13. The third kappa shape index (κ3) is 3.28. The number of nitrogen functional groups attached to an aromatic ring is 1. The first-order chi connectivity index (χ1) is 10.0. The molecule has 6 heteroatoms. The van der Waals surface area contributed by atoms with Crippen molar-refractivity contribution in [3.05, 3.63) is 59.2 Å². The molecule has 0 fully saturated rings. The molecule has 1 amide bonds. The summed E-state index contributed by atoms with van der Waals surface area (Å²) < 4.78 is 31.0. The number of carbonyl (C=O) groups excluding carboxylic acids is 1. The van der Waals surface area contributed by atoms with Gasteiger partial charge in [-0.2, -0.15) is 0 Å². The predicted molar refractivity (Wildman–Crippen MR) is 74.9 cm³/mol. The molecular weight excluding hydrogens is 278 g/mol. The quantitative estimate of drug-likeness (QED) is 0.851. The normalized spacial score (nSPS) is 10.2. The highest BCUT2D eigenvalue weighted by molar-refractivity contribution is 6.01. The minimum absolute atomic E-state index is 0.0491. The van der Waals surface area contributed by atoms with Gasteiger partial charge in [0.1, 0.15) is 11.3 Å². The summed E-state index contributed by atoms with van der Waals surface area (Å²) in [7, 11) is 1.43. The van der Waals surface area contributed by atoms with Crippen LogP contribution in [0.2, 0.25) is 0 Å². The van der Waals surface area contributed by atoms with Gasteiger partial charge in [-0.05, 0) is 29.8 Å². The molecule has 0 aliphatic rings. The van der Waals surface area contributed by atoms with Crippen molar-refractivity contribution in [3.8, 4) is 5.75 Å². The number of hydrogen-bond donors (Lipinski definition) is 2. The predicted octanol–water partition coefficient (Wildman–Crippen LogP) is 2.49. The molecule has 110 valence electrons. The Labute approximate surface area is 120 Å². The zero-order chi connectivity index (χ0) is 15.4. The first-order valence-corrected chi connectivity index (χ1v) is 6.17. The van der Waals surface area contributed by atoms with E-state index in [0.717, 1.165) is 12.1 Å². The molecule has 0 aliphatic heterocycles. The van der Waals surface area contributed by atoms with Crippen molar-refractivity contribution < 1.29 is 18.3 Å². The summed E-state index contributed by atoms with van der Waals surface area (Å²) in [5.74, 6) is -2.00. The van der Waals surface area contributed by atoms with Crippen molar-refractivity contribution in [2.45, 2.75) is 6.54 Å². The second kappa shape index (κ2) is 6.21. The summed E-state index contributed by atoms with van der Waals surface area (Å²) in [5.41, 5.74) is 6.69. The number of hydrogen-bond acceptors (Lipinski definition) is 3. The monoisotopic (exact) mass is 292 g/mol. The number of carbonyl (C=O) groups is 1. The number of anilines is 1. The van der Waals surface area contributed by atoms with E-state index in [4.69, 9.17) is 10.5 Å². The van der Waals surface area contributed by atoms with Crippen LogP contribution in [-0.4, -0.2) is 13.0 Å². The van der Waals surface area contributed by atoms with Crippen LogP contribution in [0.25, 0.3) is 0 Å². The second-order valence-corrected chi connectivity index (χ2v) is 4.36. The average molecular weight is 292 g/mol. The van der Waals surface area contributed by atoms with Gasteiger partial charge < -0.3 is 15.8 Å². The Bertz CT molecular complexity index is 675. The fourth-order valence-electron chi connectivity index (χ4n) is 1.88. The van der Waals surface area contributed by atoms with Crippen molar-refractivity contribution in [1.29, 1.82) is 0 Å². The van der Waals surface area contributed by atoms with E-state index in [1.54, 1.807) is 18.2 Å². The van der Waals surface area contributed by atoms with Gasteiger partial charge in [-0.3, -0.25) is 4.79 Å². The summed E-state index contributed by atoms with van der Waals surface area (Å²) in [4.78, 5) is 12.1. The first kappa shape index (κ1) is 14.8. The summed E-state index contributed by atoms with van der Waals surface area (Å²) in [6.07, 6.45) is 0. The van der Waals surface area contributed by atoms with Crippen LogP contribution < -0.4 is 15.8 Å². The molecule has 0 bridgehead atoms. The Hall–Kier alpha value is -2.63. The number of nitrogens with one attached hydrogen (secondary N) is 1. The number of methoxy groups -OCH3 is 1. The number of rotatable bonds is 4. The van der Waals surface area contributed by atoms with Crippen molar-refractivity contribution in [2.75, 3.05) is 12.8 Å². The maximum Gasteiger partial charge on any atom is 0.257 e. The smallest absolute Gasteiger partial charge is 0.257 e. The molecule has 2 aromatic carbocycles. The van der Waals surface area contributed by atoms with Crippen LogP contribution in [0, 0.1) is 11.6 Å². The SMILES string of the molecule is COc1cccc(N)c1C(=O)NCc1ccc(F)c(F)c1. The van der Waals surface area contributed by atoms with Crippen molar-refractivity contribution in [2.24, 2.45) is 0 Å². The van der Waals surface area contributed by atoms with Crippen LogP contribution in [0.1, 0.15) is 15.9 Å². The Morgan fingerprint density at radius 1 is 1.24 bits per heavy atom. The third-order valence-electron chi connectivity index (χ3n) is 2.94. The van der Waals surface area contributed by atoms with Gasteiger partial charge in [0.05, 0.1) is 7.11 Å². The second-order valence-electron chi connectivity index (χ2n) is 4.36. The van der Waals surface area contributed by atoms with E-state index in [0.29, 0.717) is 11.3 Å². The van der Waals surface area contributed by atoms with Gasteiger partial charge in [0.2, 0.25) is 0 Å². The highest BCUT2D eigenvalue weighted by Gasteiger charge is 2.15. The van der Waals surface area contributed by atoms with Crippen LogP contribution >= 0.6 is 0 Å². The number of amides is 1. The van der Waals surface area contributed by atoms with E-state index in [9.17, 15) is 13.6 Å². The lowest BCUT2D eigenvalue weighted by molar-refractivity contribution is 0.0949. The summed E-state index contributed by atoms with van der Waals surface area (Å²) in [6.45, 7) is 0.0491. The van der Waals surface area contributed by atoms with Gasteiger partial charge in [-0.25, -0.2) is 8.78 Å². The topological polar surface area (TPSA) is 64.3 Å². The minimum Gasteiger partial charge on any atom is -0.496 e. The molecule has 3 N–H and O–H groups in total. The van der Waals surface area contributed by atoms with E-state index in [-0.39, 0.29) is 17.8 Å². The zero-order valence-electron chi connectivity index (χ0n) is 11.3. The first-order valence-electron chi connectivity index (χ1n) is 6.17. The summed E-state index contributed by atoms with van der Waals surface area (Å²) in [5, 5.41) is 2.59. The summed E-state index contributed by atoms with van der Waals surface area (Å²) >= 11 is 0. The van der Waals surface area contributed by atoms with E-state index < -0.39 is 17.5 Å². The van der Waals surface area contributed by atoms with Crippen LogP contribution in [0.5, 0.6) is 5.75 Å². The number of ether oxygens (including phenoxy) is 1. The van der Waals surface area contributed by atoms with Gasteiger partial charge in [-0.15, -0.1) is 0 Å². The standard InChI is InChI=1S/C15H14F2N2O2/c1-21-13-4-2-3-12(18)14(13)15(20)19-8-9-5-6-10(16)11(17)7-9/h2-7H,8,18H2,1H3,(H,19,20). The zero-order valence-corrected chi connectivity index (χ0v) is 11.3. The van der Waals surface area contributed by atoms with Crippen LogP contribution in [0.3, 0.4) is 0 Å². The maximum absolute atomic E-state index is 13.1. The van der Waals surface area contributed by atoms with E-state index in [1.807, 2.05) is 0 Å². The molecule has 2 aromatic rings. The molecule has 0 atom stereocenters. The van der Waals surface area contributed by atoms with Crippen LogP contribution in [0.15, 0.2) is 36.4 Å². The number of halogens is 2. The van der Waals surface area contributed by atoms with Gasteiger partial charge in [-0.1, -0.05) is 12.1 Å². The van der Waals surface area contributed by atoms with E-state index in [1.165, 1.54) is 13.2 Å².